The number of carbonyl (C=O) groups is 2. The maximum absolute atomic E-state index is 12.1. The Morgan fingerprint density at radius 3 is 2.56 bits per heavy atom. The summed E-state index contributed by atoms with van der Waals surface area (Å²) in [6, 6.07) is 0.312. The van der Waals surface area contributed by atoms with Gasteiger partial charge in [-0.15, -0.1) is 0 Å². The summed E-state index contributed by atoms with van der Waals surface area (Å²) in [6.45, 7) is 2.01. The van der Waals surface area contributed by atoms with Gasteiger partial charge in [-0.1, -0.05) is 0 Å². The SMILES string of the molecule is O=C(O)CCN(C(=O)C1CCNC1)C1CC1. The zero-order valence-electron chi connectivity index (χ0n) is 9.32. The second-order valence-corrected chi connectivity index (χ2v) is 4.60. The molecule has 16 heavy (non-hydrogen) atoms. The highest BCUT2D eigenvalue weighted by Crippen LogP contribution is 2.29. The molecule has 2 fully saturated rings. The van der Waals surface area contributed by atoms with Crippen LogP contribution in [0.25, 0.3) is 0 Å². The maximum atomic E-state index is 12.1. The van der Waals surface area contributed by atoms with E-state index in [1.807, 2.05) is 0 Å². The average Bonchev–Trinajstić information content (AvgIpc) is 2.93. The Bertz CT molecular complexity index is 283. The predicted octanol–water partition coefficient (Wildman–Crippen LogP) is 0.0616. The van der Waals surface area contributed by atoms with Crippen molar-refractivity contribution in [1.29, 1.82) is 0 Å². The van der Waals surface area contributed by atoms with Gasteiger partial charge in [-0.2, -0.15) is 0 Å². The van der Waals surface area contributed by atoms with Crippen molar-refractivity contribution in [3.05, 3.63) is 0 Å². The monoisotopic (exact) mass is 226 g/mol. The molecule has 1 aliphatic carbocycles. The Morgan fingerprint density at radius 1 is 1.31 bits per heavy atom. The van der Waals surface area contributed by atoms with Gasteiger partial charge >= 0.3 is 5.97 Å². The van der Waals surface area contributed by atoms with Crippen LogP contribution in [-0.2, 0) is 9.59 Å². The quantitative estimate of drug-likeness (QED) is 0.695. The molecule has 2 N–H and O–H groups in total. The lowest BCUT2D eigenvalue weighted by molar-refractivity contribution is -0.139. The lowest BCUT2D eigenvalue weighted by atomic mass is 10.1. The number of aliphatic carboxylic acids is 1. The van der Waals surface area contributed by atoms with Gasteiger partial charge in [0, 0.05) is 19.1 Å². The third-order valence-corrected chi connectivity index (χ3v) is 3.25. The van der Waals surface area contributed by atoms with Crippen LogP contribution in [-0.4, -0.2) is 47.6 Å². The molecule has 0 spiro atoms. The van der Waals surface area contributed by atoms with E-state index < -0.39 is 5.97 Å². The summed E-state index contributed by atoms with van der Waals surface area (Å²) in [4.78, 5) is 24.5. The first-order valence-corrected chi connectivity index (χ1v) is 5.91. The van der Waals surface area contributed by atoms with Gasteiger partial charge in [-0.3, -0.25) is 9.59 Å². The van der Waals surface area contributed by atoms with Crippen molar-refractivity contribution in [2.45, 2.75) is 31.7 Å². The van der Waals surface area contributed by atoms with Gasteiger partial charge in [0.25, 0.3) is 0 Å². The van der Waals surface area contributed by atoms with E-state index in [-0.39, 0.29) is 18.2 Å². The lowest BCUT2D eigenvalue weighted by Gasteiger charge is -2.24. The summed E-state index contributed by atoms with van der Waals surface area (Å²) < 4.78 is 0. The molecule has 1 saturated heterocycles. The number of hydrogen-bond acceptors (Lipinski definition) is 3. The number of amides is 1. The predicted molar refractivity (Wildman–Crippen MR) is 58.0 cm³/mol. The van der Waals surface area contributed by atoms with Gasteiger partial charge < -0.3 is 15.3 Å². The highest BCUT2D eigenvalue weighted by atomic mass is 16.4. The van der Waals surface area contributed by atoms with E-state index >= 15 is 0 Å². The Morgan fingerprint density at radius 2 is 2.06 bits per heavy atom. The highest BCUT2D eigenvalue weighted by Gasteiger charge is 2.36. The summed E-state index contributed by atoms with van der Waals surface area (Å²) in [5.41, 5.74) is 0. The number of nitrogens with zero attached hydrogens (tertiary/aromatic N) is 1. The van der Waals surface area contributed by atoms with E-state index in [9.17, 15) is 9.59 Å². The van der Waals surface area contributed by atoms with Crippen molar-refractivity contribution in [1.82, 2.24) is 10.2 Å². The van der Waals surface area contributed by atoms with Crippen LogP contribution in [0.5, 0.6) is 0 Å². The molecular formula is C11H18N2O3. The van der Waals surface area contributed by atoms with E-state index in [2.05, 4.69) is 5.32 Å². The molecule has 0 bridgehead atoms. The van der Waals surface area contributed by atoms with Crippen LogP contribution in [0, 0.1) is 5.92 Å². The van der Waals surface area contributed by atoms with Gasteiger partial charge in [-0.05, 0) is 25.8 Å². The van der Waals surface area contributed by atoms with Gasteiger partial charge in [0.1, 0.15) is 0 Å². The topological polar surface area (TPSA) is 69.6 Å². The summed E-state index contributed by atoms with van der Waals surface area (Å²) in [5, 5.41) is 11.8. The standard InChI is InChI=1S/C11H18N2O3/c14-10(15)4-6-13(9-1-2-9)11(16)8-3-5-12-7-8/h8-9,12H,1-7H2,(H,14,15). The third kappa shape index (κ3) is 2.72. The fourth-order valence-electron chi connectivity index (χ4n) is 2.17. The number of carboxylic acids is 1. The van der Waals surface area contributed by atoms with E-state index in [1.165, 1.54) is 0 Å². The molecule has 1 atom stereocenters. The molecule has 5 nitrogen and oxygen atoms in total. The number of carboxylic acid groups (broad SMARTS) is 1. The zero-order valence-corrected chi connectivity index (χ0v) is 9.32. The fourth-order valence-corrected chi connectivity index (χ4v) is 2.17. The van der Waals surface area contributed by atoms with Crippen molar-refractivity contribution >= 4 is 11.9 Å². The van der Waals surface area contributed by atoms with Gasteiger partial charge in [0.15, 0.2) is 0 Å². The van der Waals surface area contributed by atoms with E-state index in [0.29, 0.717) is 12.6 Å². The Balaban J connectivity index is 1.89. The van der Waals surface area contributed by atoms with Crippen LogP contribution < -0.4 is 5.32 Å². The first-order valence-electron chi connectivity index (χ1n) is 5.91. The molecule has 2 rings (SSSR count). The van der Waals surface area contributed by atoms with Crippen LogP contribution in [0.4, 0.5) is 0 Å². The molecule has 1 aliphatic heterocycles. The van der Waals surface area contributed by atoms with Crippen molar-refractivity contribution in [2.75, 3.05) is 19.6 Å². The molecule has 2 aliphatic rings. The summed E-state index contributed by atoms with van der Waals surface area (Å²) in [7, 11) is 0. The minimum absolute atomic E-state index is 0.0579. The van der Waals surface area contributed by atoms with Gasteiger partial charge in [0.2, 0.25) is 5.91 Å². The van der Waals surface area contributed by atoms with Gasteiger partial charge in [-0.25, -0.2) is 0 Å². The van der Waals surface area contributed by atoms with Crippen LogP contribution in [0.3, 0.4) is 0 Å². The summed E-state index contributed by atoms with van der Waals surface area (Å²) >= 11 is 0. The zero-order chi connectivity index (χ0) is 11.5. The van der Waals surface area contributed by atoms with Crippen LogP contribution in [0.1, 0.15) is 25.7 Å². The number of nitrogens with one attached hydrogen (secondary N) is 1. The molecule has 1 heterocycles. The molecule has 0 aromatic rings. The first-order chi connectivity index (χ1) is 7.68. The second kappa shape index (κ2) is 4.82. The lowest BCUT2D eigenvalue weighted by Crippen LogP contribution is -2.39. The summed E-state index contributed by atoms with van der Waals surface area (Å²) in [6.07, 6.45) is 3.01. The van der Waals surface area contributed by atoms with E-state index in [1.54, 1.807) is 4.90 Å². The van der Waals surface area contributed by atoms with Crippen molar-refractivity contribution in [3.8, 4) is 0 Å². The number of hydrogen-bond donors (Lipinski definition) is 2. The molecular weight excluding hydrogens is 208 g/mol. The van der Waals surface area contributed by atoms with Crippen molar-refractivity contribution in [2.24, 2.45) is 5.92 Å². The van der Waals surface area contributed by atoms with Crippen molar-refractivity contribution < 1.29 is 14.7 Å². The summed E-state index contributed by atoms with van der Waals surface area (Å²) in [5.74, 6) is -0.619. The van der Waals surface area contributed by atoms with Crippen LogP contribution in [0.15, 0.2) is 0 Å². The second-order valence-electron chi connectivity index (χ2n) is 4.60. The maximum Gasteiger partial charge on any atom is 0.305 e. The highest BCUT2D eigenvalue weighted by molar-refractivity contribution is 5.80. The van der Waals surface area contributed by atoms with Gasteiger partial charge in [0.05, 0.1) is 12.3 Å². The Labute approximate surface area is 94.8 Å². The Hall–Kier alpha value is -1.10. The molecule has 1 saturated carbocycles. The van der Waals surface area contributed by atoms with Crippen molar-refractivity contribution in [3.63, 3.8) is 0 Å². The Kier molecular flexibility index (Phi) is 3.43. The molecule has 0 aromatic carbocycles. The largest absolute Gasteiger partial charge is 0.481 e. The number of rotatable bonds is 5. The minimum atomic E-state index is -0.831. The average molecular weight is 226 g/mol. The minimum Gasteiger partial charge on any atom is -0.481 e. The molecule has 1 unspecified atom stereocenters. The fraction of sp³-hybridized carbons (Fsp3) is 0.818. The molecule has 5 heteroatoms. The first kappa shape index (κ1) is 11.4. The van der Waals surface area contributed by atoms with E-state index in [0.717, 1.165) is 32.4 Å². The molecule has 0 radical (unpaired) electrons. The van der Waals surface area contributed by atoms with Crippen LogP contribution in [0.2, 0.25) is 0 Å². The smallest absolute Gasteiger partial charge is 0.305 e. The number of carbonyl (C=O) groups excluding carboxylic acids is 1. The molecule has 90 valence electrons. The van der Waals surface area contributed by atoms with Crippen LogP contribution >= 0.6 is 0 Å². The molecule has 0 aromatic heterocycles. The normalized spacial score (nSPS) is 24.4. The van der Waals surface area contributed by atoms with E-state index in [4.69, 9.17) is 5.11 Å². The third-order valence-electron chi connectivity index (χ3n) is 3.25. The molecule has 1 amide bonds.